The van der Waals surface area contributed by atoms with E-state index in [-0.39, 0.29) is 5.75 Å². The Bertz CT molecular complexity index is 553. The van der Waals surface area contributed by atoms with Crippen molar-refractivity contribution in [2.75, 3.05) is 5.75 Å². The number of rotatable bonds is 6. The fraction of sp³-hybridized carbons (Fsp3) is 0.462. The molecule has 7 nitrogen and oxygen atoms in total. The van der Waals surface area contributed by atoms with Crippen molar-refractivity contribution in [3.63, 3.8) is 0 Å². The van der Waals surface area contributed by atoms with Crippen LogP contribution >= 0.6 is 11.8 Å². The molecule has 0 aliphatic rings. The number of carbonyl (C=O) groups is 3. The molecule has 21 heavy (non-hydrogen) atoms. The van der Waals surface area contributed by atoms with Gasteiger partial charge in [0.2, 0.25) is 5.91 Å². The van der Waals surface area contributed by atoms with Gasteiger partial charge in [-0.15, -0.1) is 11.8 Å². The lowest BCUT2D eigenvalue weighted by molar-refractivity contribution is -0.139. The number of amides is 2. The molecule has 8 heteroatoms. The number of thioether (sulfide) groups is 1. The second-order valence-corrected chi connectivity index (χ2v) is 6.72. The number of hydrogen-bond acceptors (Lipinski definition) is 5. The second kappa shape index (κ2) is 6.77. The zero-order chi connectivity index (χ0) is 16.2. The van der Waals surface area contributed by atoms with Gasteiger partial charge in [0, 0.05) is 18.0 Å². The minimum Gasteiger partial charge on any atom is -0.480 e. The van der Waals surface area contributed by atoms with Gasteiger partial charge < -0.3 is 15.4 Å². The quantitative estimate of drug-likeness (QED) is 0.691. The number of aliphatic carboxylic acids is 1. The minimum atomic E-state index is -1.13. The Morgan fingerprint density at radius 1 is 1.48 bits per heavy atom. The van der Waals surface area contributed by atoms with Gasteiger partial charge in [-0.05, 0) is 26.0 Å². The van der Waals surface area contributed by atoms with Crippen molar-refractivity contribution in [1.82, 2.24) is 9.88 Å². The molecule has 0 fully saturated rings. The van der Waals surface area contributed by atoms with E-state index in [1.165, 1.54) is 0 Å². The van der Waals surface area contributed by atoms with E-state index >= 15 is 0 Å². The third-order valence-corrected chi connectivity index (χ3v) is 4.42. The SMILES string of the molecule is Cn1cccc1C(=O)NC(=O)CSC(C)(C)[C@H](N)C(=O)O. The zero-order valence-corrected chi connectivity index (χ0v) is 12.9. The summed E-state index contributed by atoms with van der Waals surface area (Å²) in [5.74, 6) is -2.16. The molecule has 0 unspecified atom stereocenters. The van der Waals surface area contributed by atoms with Crippen LogP contribution in [-0.2, 0) is 16.6 Å². The maximum absolute atomic E-state index is 11.8. The highest BCUT2D eigenvalue weighted by Gasteiger charge is 2.33. The number of nitrogens with one attached hydrogen (secondary N) is 1. The predicted molar refractivity (Wildman–Crippen MR) is 80.0 cm³/mol. The van der Waals surface area contributed by atoms with Crippen LogP contribution in [0.25, 0.3) is 0 Å². The van der Waals surface area contributed by atoms with Gasteiger partial charge >= 0.3 is 5.97 Å². The van der Waals surface area contributed by atoms with Crippen molar-refractivity contribution in [3.05, 3.63) is 24.0 Å². The first-order valence-corrected chi connectivity index (χ1v) is 7.21. The van der Waals surface area contributed by atoms with E-state index in [4.69, 9.17) is 10.8 Å². The molecule has 1 aromatic heterocycles. The van der Waals surface area contributed by atoms with Crippen molar-refractivity contribution in [2.45, 2.75) is 24.6 Å². The Hall–Kier alpha value is -1.80. The van der Waals surface area contributed by atoms with Crippen LogP contribution in [0.1, 0.15) is 24.3 Å². The van der Waals surface area contributed by atoms with Gasteiger partial charge in [-0.2, -0.15) is 0 Å². The van der Waals surface area contributed by atoms with Crippen LogP contribution in [0.5, 0.6) is 0 Å². The molecule has 1 atom stereocenters. The summed E-state index contributed by atoms with van der Waals surface area (Å²) in [4.78, 5) is 34.4. The van der Waals surface area contributed by atoms with E-state index in [2.05, 4.69) is 5.32 Å². The van der Waals surface area contributed by atoms with E-state index in [0.717, 1.165) is 11.8 Å². The Morgan fingerprint density at radius 2 is 2.10 bits per heavy atom. The highest BCUT2D eigenvalue weighted by atomic mass is 32.2. The number of aryl methyl sites for hydroxylation is 1. The molecule has 4 N–H and O–H groups in total. The summed E-state index contributed by atoms with van der Waals surface area (Å²) in [6, 6.07) is 2.20. The van der Waals surface area contributed by atoms with Gasteiger partial charge in [0.05, 0.1) is 5.75 Å². The fourth-order valence-corrected chi connectivity index (χ4v) is 2.42. The predicted octanol–water partition coefficient (Wildman–Crippen LogP) is 0.205. The number of imide groups is 1. The van der Waals surface area contributed by atoms with Crippen molar-refractivity contribution in [3.8, 4) is 0 Å². The molecular weight excluding hydrogens is 294 g/mol. The number of nitrogens with zero attached hydrogens (tertiary/aromatic N) is 1. The molecule has 116 valence electrons. The lowest BCUT2D eigenvalue weighted by Gasteiger charge is -2.27. The molecule has 2 amide bonds. The molecule has 0 radical (unpaired) electrons. The molecule has 0 aliphatic heterocycles. The highest BCUT2D eigenvalue weighted by molar-refractivity contribution is 8.01. The number of aromatic nitrogens is 1. The average molecular weight is 313 g/mol. The maximum Gasteiger partial charge on any atom is 0.321 e. The van der Waals surface area contributed by atoms with E-state index in [1.807, 2.05) is 0 Å². The summed E-state index contributed by atoms with van der Waals surface area (Å²) < 4.78 is 0.775. The van der Waals surface area contributed by atoms with Gasteiger partial charge in [0.15, 0.2) is 0 Å². The summed E-state index contributed by atoms with van der Waals surface area (Å²) in [6.07, 6.45) is 1.70. The van der Waals surface area contributed by atoms with Crippen molar-refractivity contribution in [2.24, 2.45) is 12.8 Å². The molecule has 1 aromatic rings. The molecular formula is C13H19N3O4S. The summed E-state index contributed by atoms with van der Waals surface area (Å²) >= 11 is 1.09. The molecule has 0 saturated heterocycles. The van der Waals surface area contributed by atoms with Crippen LogP contribution in [0, 0.1) is 0 Å². The van der Waals surface area contributed by atoms with Gasteiger partial charge in [0.1, 0.15) is 11.7 Å². The molecule has 0 bridgehead atoms. The normalized spacial score (nSPS) is 12.8. The second-order valence-electron chi connectivity index (χ2n) is 5.09. The molecule has 0 aromatic carbocycles. The third kappa shape index (κ3) is 4.61. The number of carboxylic acid groups (broad SMARTS) is 1. The van der Waals surface area contributed by atoms with E-state index in [9.17, 15) is 14.4 Å². The van der Waals surface area contributed by atoms with Crippen LogP contribution in [-0.4, -0.2) is 44.0 Å². The fourth-order valence-electron chi connectivity index (χ4n) is 1.56. The van der Waals surface area contributed by atoms with Gasteiger partial charge in [-0.3, -0.25) is 19.7 Å². The standard InChI is InChI=1S/C13H19N3O4S/c1-13(2,10(14)12(19)20)21-7-9(17)15-11(18)8-5-4-6-16(8)3/h4-6,10H,7,14H2,1-3H3,(H,19,20)(H,15,17,18)/t10-/m1/s1. The highest BCUT2D eigenvalue weighted by Crippen LogP contribution is 2.27. The van der Waals surface area contributed by atoms with Crippen LogP contribution in [0.15, 0.2) is 18.3 Å². The van der Waals surface area contributed by atoms with Gasteiger partial charge in [-0.1, -0.05) is 0 Å². The number of carbonyl (C=O) groups excluding carboxylic acids is 2. The molecule has 1 heterocycles. The maximum atomic E-state index is 11.8. The first-order chi connectivity index (χ1) is 9.65. The lowest BCUT2D eigenvalue weighted by atomic mass is 10.1. The number of hydrogen-bond donors (Lipinski definition) is 3. The molecule has 1 rings (SSSR count). The van der Waals surface area contributed by atoms with Crippen LogP contribution in [0.3, 0.4) is 0 Å². The molecule has 0 aliphatic carbocycles. The average Bonchev–Trinajstić information content (AvgIpc) is 2.81. The summed E-state index contributed by atoms with van der Waals surface area (Å²) in [5.41, 5.74) is 5.93. The van der Waals surface area contributed by atoms with Gasteiger partial charge in [0.25, 0.3) is 5.91 Å². The lowest BCUT2D eigenvalue weighted by Crippen LogP contribution is -2.47. The number of carboxylic acids is 1. The first-order valence-electron chi connectivity index (χ1n) is 6.23. The zero-order valence-electron chi connectivity index (χ0n) is 12.1. The van der Waals surface area contributed by atoms with E-state index in [1.54, 1.807) is 43.8 Å². The summed E-state index contributed by atoms with van der Waals surface area (Å²) in [5, 5.41) is 11.1. The summed E-state index contributed by atoms with van der Waals surface area (Å²) in [6.45, 7) is 3.28. The molecule has 0 spiro atoms. The largest absolute Gasteiger partial charge is 0.480 e. The van der Waals surface area contributed by atoms with E-state index in [0.29, 0.717) is 5.69 Å². The van der Waals surface area contributed by atoms with Crippen molar-refractivity contribution >= 4 is 29.5 Å². The smallest absolute Gasteiger partial charge is 0.321 e. The Balaban J connectivity index is 2.53. The minimum absolute atomic E-state index is 0.0514. The van der Waals surface area contributed by atoms with E-state index < -0.39 is 28.6 Å². The Morgan fingerprint density at radius 3 is 2.57 bits per heavy atom. The van der Waals surface area contributed by atoms with Crippen molar-refractivity contribution in [1.29, 1.82) is 0 Å². The van der Waals surface area contributed by atoms with Crippen LogP contribution < -0.4 is 11.1 Å². The van der Waals surface area contributed by atoms with Crippen LogP contribution in [0.4, 0.5) is 0 Å². The monoisotopic (exact) mass is 313 g/mol. The Labute approximate surface area is 126 Å². The third-order valence-electron chi connectivity index (χ3n) is 3.02. The summed E-state index contributed by atoms with van der Waals surface area (Å²) in [7, 11) is 1.70. The molecule has 0 saturated carbocycles. The van der Waals surface area contributed by atoms with Crippen molar-refractivity contribution < 1.29 is 19.5 Å². The Kier molecular flexibility index (Phi) is 5.56. The topological polar surface area (TPSA) is 114 Å². The van der Waals surface area contributed by atoms with Gasteiger partial charge in [-0.25, -0.2) is 0 Å². The van der Waals surface area contributed by atoms with Crippen LogP contribution in [0.2, 0.25) is 0 Å². The first kappa shape index (κ1) is 17.3. The number of nitrogens with two attached hydrogens (primary N) is 1.